The molecule has 6 heteroatoms. The van der Waals surface area contributed by atoms with Gasteiger partial charge in [0.1, 0.15) is 0 Å². The molecule has 0 saturated carbocycles. The Morgan fingerprint density at radius 1 is 1.20 bits per heavy atom. The van der Waals surface area contributed by atoms with Crippen LogP contribution in [-0.4, -0.2) is 47.1 Å². The molecule has 0 unspecified atom stereocenters. The third-order valence-corrected chi connectivity index (χ3v) is 4.91. The highest BCUT2D eigenvalue weighted by molar-refractivity contribution is 5.97. The summed E-state index contributed by atoms with van der Waals surface area (Å²) in [6.07, 6.45) is 2.56. The number of fused-ring (bicyclic) bond motifs is 1. The smallest absolute Gasteiger partial charge is 0.258 e. The topological polar surface area (TPSA) is 58.6 Å². The average Bonchev–Trinajstić information content (AvgIpc) is 3.00. The van der Waals surface area contributed by atoms with E-state index in [1.807, 2.05) is 23.1 Å². The zero-order valence-corrected chi connectivity index (χ0v) is 14.4. The van der Waals surface area contributed by atoms with E-state index in [2.05, 4.69) is 33.9 Å². The van der Waals surface area contributed by atoms with Gasteiger partial charge in [-0.05, 0) is 12.0 Å². The van der Waals surface area contributed by atoms with Crippen LogP contribution in [0.3, 0.4) is 0 Å². The van der Waals surface area contributed by atoms with Crippen LogP contribution in [0, 0.1) is 0 Å². The van der Waals surface area contributed by atoms with Crippen molar-refractivity contribution in [1.82, 2.24) is 14.9 Å². The van der Waals surface area contributed by atoms with E-state index in [1.54, 1.807) is 6.20 Å². The van der Waals surface area contributed by atoms with Gasteiger partial charge in [-0.3, -0.25) is 4.79 Å². The van der Waals surface area contributed by atoms with Crippen molar-refractivity contribution in [2.75, 3.05) is 31.2 Å². The highest BCUT2D eigenvalue weighted by Crippen LogP contribution is 2.32. The molecule has 1 aromatic heterocycles. The maximum atomic E-state index is 12.9. The summed E-state index contributed by atoms with van der Waals surface area (Å²) in [6, 6.07) is 10.3. The van der Waals surface area contributed by atoms with Gasteiger partial charge in [-0.15, -0.1) is 0 Å². The quantitative estimate of drug-likeness (QED) is 0.857. The molecular formula is C19H22N4O2. The molecule has 25 heavy (non-hydrogen) atoms. The van der Waals surface area contributed by atoms with E-state index in [0.717, 1.165) is 30.8 Å². The first-order valence-electron chi connectivity index (χ1n) is 8.82. The second-order valence-corrected chi connectivity index (χ2v) is 6.40. The highest BCUT2D eigenvalue weighted by atomic mass is 16.5. The summed E-state index contributed by atoms with van der Waals surface area (Å²) in [5.41, 5.74) is 2.62. The zero-order chi connectivity index (χ0) is 17.2. The minimum absolute atomic E-state index is 0.0271. The molecule has 1 fully saturated rings. The number of anilines is 1. The largest absolute Gasteiger partial charge is 0.378 e. The van der Waals surface area contributed by atoms with Crippen molar-refractivity contribution in [3.63, 3.8) is 0 Å². The van der Waals surface area contributed by atoms with Crippen LogP contribution in [0.15, 0.2) is 36.5 Å². The van der Waals surface area contributed by atoms with E-state index in [9.17, 15) is 4.79 Å². The van der Waals surface area contributed by atoms with Gasteiger partial charge in [-0.1, -0.05) is 37.3 Å². The van der Waals surface area contributed by atoms with Crippen LogP contribution in [-0.2, 0) is 11.3 Å². The van der Waals surface area contributed by atoms with Gasteiger partial charge in [-0.2, -0.15) is 0 Å². The number of rotatable bonds is 4. The van der Waals surface area contributed by atoms with Crippen LogP contribution >= 0.6 is 0 Å². The van der Waals surface area contributed by atoms with Gasteiger partial charge in [0.05, 0.1) is 37.1 Å². The van der Waals surface area contributed by atoms with Crippen LogP contribution in [0.1, 0.15) is 41.0 Å². The van der Waals surface area contributed by atoms with E-state index in [0.29, 0.717) is 31.3 Å². The predicted molar refractivity (Wildman–Crippen MR) is 94.4 cm³/mol. The summed E-state index contributed by atoms with van der Waals surface area (Å²) in [4.78, 5) is 26.0. The molecule has 0 aliphatic carbocycles. The molecule has 1 amide bonds. The zero-order valence-electron chi connectivity index (χ0n) is 14.4. The molecule has 6 nitrogen and oxygen atoms in total. The Bertz CT molecular complexity index is 759. The van der Waals surface area contributed by atoms with Crippen molar-refractivity contribution in [2.24, 2.45) is 0 Å². The molecule has 0 radical (unpaired) electrons. The van der Waals surface area contributed by atoms with E-state index < -0.39 is 0 Å². The number of benzene rings is 1. The van der Waals surface area contributed by atoms with Crippen LogP contribution in [0.2, 0.25) is 0 Å². The summed E-state index contributed by atoms with van der Waals surface area (Å²) in [6.45, 7) is 5.62. The fourth-order valence-electron chi connectivity index (χ4n) is 3.57. The van der Waals surface area contributed by atoms with Gasteiger partial charge < -0.3 is 14.5 Å². The molecule has 1 saturated heterocycles. The number of nitrogens with zero attached hydrogens (tertiary/aromatic N) is 4. The van der Waals surface area contributed by atoms with Gasteiger partial charge in [0.2, 0.25) is 5.95 Å². The summed E-state index contributed by atoms with van der Waals surface area (Å²) in [5.74, 6) is 0.726. The van der Waals surface area contributed by atoms with Crippen LogP contribution < -0.4 is 4.90 Å². The lowest BCUT2D eigenvalue weighted by Crippen LogP contribution is -2.37. The lowest BCUT2D eigenvalue weighted by atomic mass is 10.0. The second-order valence-electron chi connectivity index (χ2n) is 6.40. The summed E-state index contributed by atoms with van der Waals surface area (Å²) in [5, 5.41) is 0. The molecule has 0 N–H and O–H groups in total. The molecule has 4 rings (SSSR count). The maximum absolute atomic E-state index is 12.9. The molecule has 2 aliphatic heterocycles. The Labute approximate surface area is 147 Å². The molecule has 1 atom stereocenters. The number of aromatic nitrogens is 2. The Morgan fingerprint density at radius 2 is 1.96 bits per heavy atom. The first-order valence-corrected chi connectivity index (χ1v) is 8.82. The fraction of sp³-hybridized carbons (Fsp3) is 0.421. The lowest BCUT2D eigenvalue weighted by molar-refractivity contribution is 0.0695. The van der Waals surface area contributed by atoms with Gasteiger partial charge >= 0.3 is 0 Å². The van der Waals surface area contributed by atoms with Crippen molar-refractivity contribution in [2.45, 2.75) is 25.9 Å². The molecule has 2 aromatic rings. The average molecular weight is 338 g/mol. The SMILES string of the molecule is CC[C@@H](c1ccccc1)N1Cc2nc(N3CCOCC3)ncc2C1=O. The van der Waals surface area contributed by atoms with Crippen molar-refractivity contribution in [3.8, 4) is 0 Å². The number of amides is 1. The maximum Gasteiger partial charge on any atom is 0.258 e. The second kappa shape index (κ2) is 6.80. The van der Waals surface area contributed by atoms with E-state index in [1.165, 1.54) is 0 Å². The van der Waals surface area contributed by atoms with Gasteiger partial charge in [-0.25, -0.2) is 9.97 Å². The number of morpholine rings is 1. The Hall–Kier alpha value is -2.47. The van der Waals surface area contributed by atoms with E-state index in [4.69, 9.17) is 4.74 Å². The molecule has 2 aliphatic rings. The molecule has 1 aromatic carbocycles. The molecule has 130 valence electrons. The Morgan fingerprint density at radius 3 is 2.68 bits per heavy atom. The molecule has 3 heterocycles. The lowest BCUT2D eigenvalue weighted by Gasteiger charge is -2.27. The predicted octanol–water partition coefficient (Wildman–Crippen LogP) is 2.42. The minimum atomic E-state index is 0.0271. The normalized spacial score (nSPS) is 18.4. The minimum Gasteiger partial charge on any atom is -0.378 e. The van der Waals surface area contributed by atoms with Crippen molar-refractivity contribution in [1.29, 1.82) is 0 Å². The molecule has 0 spiro atoms. The number of hydrogen-bond acceptors (Lipinski definition) is 5. The fourth-order valence-corrected chi connectivity index (χ4v) is 3.57. The van der Waals surface area contributed by atoms with Gasteiger partial charge in [0, 0.05) is 19.3 Å². The third kappa shape index (κ3) is 2.98. The number of ether oxygens (including phenoxy) is 1. The van der Waals surface area contributed by atoms with E-state index >= 15 is 0 Å². The first-order chi connectivity index (χ1) is 12.3. The van der Waals surface area contributed by atoms with Crippen LogP contribution in [0.5, 0.6) is 0 Å². The molecular weight excluding hydrogens is 316 g/mol. The van der Waals surface area contributed by atoms with Crippen molar-refractivity contribution < 1.29 is 9.53 Å². The number of carbonyl (C=O) groups excluding carboxylic acids is 1. The number of carbonyl (C=O) groups is 1. The summed E-state index contributed by atoms with van der Waals surface area (Å²) in [7, 11) is 0. The van der Waals surface area contributed by atoms with Crippen LogP contribution in [0.25, 0.3) is 0 Å². The van der Waals surface area contributed by atoms with Crippen LogP contribution in [0.4, 0.5) is 5.95 Å². The van der Waals surface area contributed by atoms with Crippen molar-refractivity contribution in [3.05, 3.63) is 53.3 Å². The standard InChI is InChI=1S/C19H22N4O2/c1-2-17(14-6-4-3-5-7-14)23-13-16-15(18(23)24)12-20-19(21-16)22-8-10-25-11-9-22/h3-7,12,17H,2,8-11,13H2,1H3/t17-/m0/s1. The third-order valence-electron chi connectivity index (χ3n) is 4.91. The number of hydrogen-bond donors (Lipinski definition) is 0. The van der Waals surface area contributed by atoms with Gasteiger partial charge in [0.15, 0.2) is 0 Å². The van der Waals surface area contributed by atoms with Crippen molar-refractivity contribution >= 4 is 11.9 Å². The highest BCUT2D eigenvalue weighted by Gasteiger charge is 2.34. The first kappa shape index (κ1) is 16.0. The summed E-state index contributed by atoms with van der Waals surface area (Å²) < 4.78 is 5.38. The monoisotopic (exact) mass is 338 g/mol. The van der Waals surface area contributed by atoms with E-state index in [-0.39, 0.29) is 11.9 Å². The summed E-state index contributed by atoms with van der Waals surface area (Å²) >= 11 is 0. The Kier molecular flexibility index (Phi) is 4.36. The van der Waals surface area contributed by atoms with Gasteiger partial charge in [0.25, 0.3) is 5.91 Å². The molecule has 0 bridgehead atoms. The Balaban J connectivity index is 1.60.